The summed E-state index contributed by atoms with van der Waals surface area (Å²) in [5.74, 6) is 0.197. The molecule has 0 atom stereocenters. The SMILES string of the molecule is CC(=O)/C=C1\CCCC(C)(C)C1. The minimum atomic E-state index is 0.197. The minimum Gasteiger partial charge on any atom is -0.295 e. The summed E-state index contributed by atoms with van der Waals surface area (Å²) in [5, 5.41) is 0. The third kappa shape index (κ3) is 2.80. The molecule has 0 N–H and O–H groups in total. The van der Waals surface area contributed by atoms with E-state index in [0.717, 1.165) is 12.8 Å². The van der Waals surface area contributed by atoms with Crippen LogP contribution in [0.5, 0.6) is 0 Å². The Kier molecular flexibility index (Phi) is 2.71. The molecule has 12 heavy (non-hydrogen) atoms. The van der Waals surface area contributed by atoms with E-state index in [4.69, 9.17) is 0 Å². The quantitative estimate of drug-likeness (QED) is 0.547. The number of carbonyl (C=O) groups is 1. The molecule has 0 radical (unpaired) electrons. The van der Waals surface area contributed by atoms with Crippen LogP contribution in [0.1, 0.15) is 46.5 Å². The average molecular weight is 166 g/mol. The predicted molar refractivity (Wildman–Crippen MR) is 51.0 cm³/mol. The van der Waals surface area contributed by atoms with Gasteiger partial charge in [-0.05, 0) is 44.1 Å². The van der Waals surface area contributed by atoms with Gasteiger partial charge in [-0.15, -0.1) is 0 Å². The van der Waals surface area contributed by atoms with Crippen molar-refractivity contribution in [1.29, 1.82) is 0 Å². The van der Waals surface area contributed by atoms with Gasteiger partial charge in [-0.25, -0.2) is 0 Å². The zero-order chi connectivity index (χ0) is 9.19. The summed E-state index contributed by atoms with van der Waals surface area (Å²) in [7, 11) is 0. The summed E-state index contributed by atoms with van der Waals surface area (Å²) in [4.78, 5) is 10.8. The fourth-order valence-corrected chi connectivity index (χ4v) is 2.00. The van der Waals surface area contributed by atoms with E-state index in [2.05, 4.69) is 13.8 Å². The molecule has 0 aromatic heterocycles. The molecule has 0 bridgehead atoms. The van der Waals surface area contributed by atoms with Gasteiger partial charge in [-0.3, -0.25) is 4.79 Å². The molecule has 0 amide bonds. The molecule has 0 heterocycles. The third-order valence-corrected chi connectivity index (χ3v) is 2.46. The van der Waals surface area contributed by atoms with E-state index in [0.29, 0.717) is 5.41 Å². The summed E-state index contributed by atoms with van der Waals surface area (Å²) in [6.07, 6.45) is 6.59. The predicted octanol–water partition coefficient (Wildman–Crippen LogP) is 3.10. The van der Waals surface area contributed by atoms with Crippen molar-refractivity contribution in [3.8, 4) is 0 Å². The molecule has 0 unspecified atom stereocenters. The van der Waals surface area contributed by atoms with Gasteiger partial charge in [0, 0.05) is 0 Å². The first-order chi connectivity index (χ1) is 5.49. The lowest BCUT2D eigenvalue weighted by atomic mass is 9.75. The molecule has 1 aliphatic rings. The molecule has 68 valence electrons. The number of rotatable bonds is 1. The molecule has 1 nitrogen and oxygen atoms in total. The maximum absolute atomic E-state index is 10.8. The van der Waals surface area contributed by atoms with Crippen LogP contribution in [0.4, 0.5) is 0 Å². The molecule has 1 heteroatoms. The van der Waals surface area contributed by atoms with Gasteiger partial charge >= 0.3 is 0 Å². The van der Waals surface area contributed by atoms with E-state index in [-0.39, 0.29) is 5.78 Å². The highest BCUT2D eigenvalue weighted by Gasteiger charge is 2.23. The van der Waals surface area contributed by atoms with Gasteiger partial charge in [-0.2, -0.15) is 0 Å². The van der Waals surface area contributed by atoms with Crippen LogP contribution in [-0.2, 0) is 4.79 Å². The number of ketones is 1. The second kappa shape index (κ2) is 3.42. The summed E-state index contributed by atoms with van der Waals surface area (Å²) in [6, 6.07) is 0. The number of carbonyl (C=O) groups excluding carboxylic acids is 1. The highest BCUT2D eigenvalue weighted by molar-refractivity contribution is 5.87. The van der Waals surface area contributed by atoms with Crippen LogP contribution in [0, 0.1) is 5.41 Å². The highest BCUT2D eigenvalue weighted by atomic mass is 16.1. The van der Waals surface area contributed by atoms with Gasteiger partial charge in [0.25, 0.3) is 0 Å². The monoisotopic (exact) mass is 166 g/mol. The van der Waals surface area contributed by atoms with Crippen molar-refractivity contribution < 1.29 is 4.79 Å². The van der Waals surface area contributed by atoms with Crippen molar-refractivity contribution in [2.24, 2.45) is 5.41 Å². The Balaban J connectivity index is 2.64. The fourth-order valence-electron chi connectivity index (χ4n) is 2.00. The van der Waals surface area contributed by atoms with Crippen LogP contribution in [-0.4, -0.2) is 5.78 Å². The summed E-state index contributed by atoms with van der Waals surface area (Å²) < 4.78 is 0. The van der Waals surface area contributed by atoms with E-state index in [1.54, 1.807) is 6.92 Å². The Hall–Kier alpha value is -0.590. The zero-order valence-corrected chi connectivity index (χ0v) is 8.31. The zero-order valence-electron chi connectivity index (χ0n) is 8.31. The smallest absolute Gasteiger partial charge is 0.152 e. The van der Waals surface area contributed by atoms with Gasteiger partial charge in [0.15, 0.2) is 5.78 Å². The van der Waals surface area contributed by atoms with Gasteiger partial charge < -0.3 is 0 Å². The first-order valence-corrected chi connectivity index (χ1v) is 4.70. The fraction of sp³-hybridized carbons (Fsp3) is 0.727. The Labute approximate surface area is 74.9 Å². The topological polar surface area (TPSA) is 17.1 Å². The van der Waals surface area contributed by atoms with Crippen LogP contribution < -0.4 is 0 Å². The molecule has 1 rings (SSSR count). The van der Waals surface area contributed by atoms with Crippen LogP contribution in [0.2, 0.25) is 0 Å². The van der Waals surface area contributed by atoms with Gasteiger partial charge in [0.05, 0.1) is 0 Å². The van der Waals surface area contributed by atoms with E-state index >= 15 is 0 Å². The van der Waals surface area contributed by atoms with Crippen LogP contribution >= 0.6 is 0 Å². The maximum atomic E-state index is 10.8. The van der Waals surface area contributed by atoms with Crippen molar-refractivity contribution in [3.05, 3.63) is 11.6 Å². The normalized spacial score (nSPS) is 25.8. The number of allylic oxidation sites excluding steroid dienone is 2. The van der Waals surface area contributed by atoms with Gasteiger partial charge in [0.2, 0.25) is 0 Å². The van der Waals surface area contributed by atoms with Crippen molar-refractivity contribution in [3.63, 3.8) is 0 Å². The average Bonchev–Trinajstić information content (AvgIpc) is 1.82. The van der Waals surface area contributed by atoms with E-state index in [1.807, 2.05) is 6.08 Å². The van der Waals surface area contributed by atoms with E-state index in [1.165, 1.54) is 18.4 Å². The van der Waals surface area contributed by atoms with Crippen LogP contribution in [0.3, 0.4) is 0 Å². The molecule has 0 spiro atoms. The molecule has 1 fully saturated rings. The molecule has 1 saturated carbocycles. The van der Waals surface area contributed by atoms with Crippen molar-refractivity contribution in [2.75, 3.05) is 0 Å². The Morgan fingerprint density at radius 2 is 2.17 bits per heavy atom. The third-order valence-electron chi connectivity index (χ3n) is 2.46. The van der Waals surface area contributed by atoms with Crippen molar-refractivity contribution in [2.45, 2.75) is 46.5 Å². The molecule has 1 aliphatic carbocycles. The highest BCUT2D eigenvalue weighted by Crippen LogP contribution is 2.37. The first kappa shape index (κ1) is 9.50. The molecule has 0 aromatic carbocycles. The van der Waals surface area contributed by atoms with Crippen LogP contribution in [0.15, 0.2) is 11.6 Å². The van der Waals surface area contributed by atoms with Crippen molar-refractivity contribution in [1.82, 2.24) is 0 Å². The number of hydrogen-bond donors (Lipinski definition) is 0. The largest absolute Gasteiger partial charge is 0.295 e. The standard InChI is InChI=1S/C11H18O/c1-9(12)7-10-5-4-6-11(2,3)8-10/h7H,4-6,8H2,1-3H3/b10-7+. The molecule has 0 aliphatic heterocycles. The van der Waals surface area contributed by atoms with Crippen LogP contribution in [0.25, 0.3) is 0 Å². The summed E-state index contributed by atoms with van der Waals surface area (Å²) in [5.41, 5.74) is 1.76. The number of hydrogen-bond acceptors (Lipinski definition) is 1. The molecular formula is C11H18O. The van der Waals surface area contributed by atoms with Gasteiger partial charge in [-0.1, -0.05) is 19.4 Å². The molecule has 0 saturated heterocycles. The second-order valence-electron chi connectivity index (χ2n) is 4.61. The second-order valence-corrected chi connectivity index (χ2v) is 4.61. The lowest BCUT2D eigenvalue weighted by Gasteiger charge is -2.31. The Morgan fingerprint density at radius 3 is 2.67 bits per heavy atom. The van der Waals surface area contributed by atoms with E-state index < -0.39 is 0 Å². The van der Waals surface area contributed by atoms with E-state index in [9.17, 15) is 4.79 Å². The lowest BCUT2D eigenvalue weighted by Crippen LogP contribution is -2.17. The Morgan fingerprint density at radius 1 is 1.50 bits per heavy atom. The summed E-state index contributed by atoms with van der Waals surface area (Å²) in [6.45, 7) is 6.19. The van der Waals surface area contributed by atoms with Crippen molar-refractivity contribution >= 4 is 5.78 Å². The lowest BCUT2D eigenvalue weighted by molar-refractivity contribution is -0.112. The van der Waals surface area contributed by atoms with Gasteiger partial charge in [0.1, 0.15) is 0 Å². The summed E-state index contributed by atoms with van der Waals surface area (Å²) >= 11 is 0. The minimum absolute atomic E-state index is 0.197. The Bertz CT molecular complexity index is 211. The maximum Gasteiger partial charge on any atom is 0.152 e. The first-order valence-electron chi connectivity index (χ1n) is 4.70. The molecular weight excluding hydrogens is 148 g/mol. The molecule has 0 aromatic rings.